The van der Waals surface area contributed by atoms with Crippen LogP contribution in [0.4, 0.5) is 11.6 Å². The number of hydrogen-bond donors (Lipinski definition) is 2. The fourth-order valence-electron chi connectivity index (χ4n) is 2.26. The molecule has 3 N–H and O–H groups in total. The minimum Gasteiger partial charge on any atom is -0.389 e. The van der Waals surface area contributed by atoms with Gasteiger partial charge in [0.15, 0.2) is 5.82 Å². The van der Waals surface area contributed by atoms with Gasteiger partial charge in [-0.2, -0.15) is 0 Å². The number of nitrogens with two attached hydrogens (primary N) is 1. The summed E-state index contributed by atoms with van der Waals surface area (Å²) in [5.74, 6) is 1.00. The zero-order valence-corrected chi connectivity index (χ0v) is 12.1. The van der Waals surface area contributed by atoms with E-state index in [1.54, 1.807) is 0 Å². The largest absolute Gasteiger partial charge is 0.389 e. The number of halogens is 1. The van der Waals surface area contributed by atoms with Gasteiger partial charge in [-0.15, -0.1) is 0 Å². The molecule has 1 saturated heterocycles. The van der Waals surface area contributed by atoms with Crippen LogP contribution in [0.5, 0.6) is 0 Å². The quantitative estimate of drug-likeness (QED) is 0.847. The molecule has 0 radical (unpaired) electrons. The van der Waals surface area contributed by atoms with Crippen molar-refractivity contribution in [1.29, 1.82) is 0 Å². The van der Waals surface area contributed by atoms with Gasteiger partial charge in [0.05, 0.1) is 5.60 Å². The first-order valence-electron chi connectivity index (χ1n) is 6.32. The number of hydrogen-bond acceptors (Lipinski definition) is 6. The van der Waals surface area contributed by atoms with E-state index in [0.717, 1.165) is 26.2 Å². The maximum Gasteiger partial charge on any atom is 0.153 e. The molecule has 1 aromatic heterocycles. The van der Waals surface area contributed by atoms with Gasteiger partial charge in [0.1, 0.15) is 17.2 Å². The van der Waals surface area contributed by atoms with Crippen LogP contribution in [0.15, 0.2) is 6.33 Å². The van der Waals surface area contributed by atoms with Gasteiger partial charge in [0, 0.05) is 32.7 Å². The first-order chi connectivity index (χ1) is 8.87. The van der Waals surface area contributed by atoms with E-state index in [1.165, 1.54) is 6.33 Å². The standard InChI is InChI=1S/C12H20ClN5O/c1-12(2,19)7-17-3-5-18(6-4-17)11-9(13)10(14)15-8-16-11/h8,19H,3-7H2,1-2H3,(H2,14,15,16). The first kappa shape index (κ1) is 14.3. The maximum absolute atomic E-state index is 9.82. The summed E-state index contributed by atoms with van der Waals surface area (Å²) >= 11 is 6.12. The van der Waals surface area contributed by atoms with Crippen molar-refractivity contribution in [3.63, 3.8) is 0 Å². The Bertz CT molecular complexity index is 440. The van der Waals surface area contributed by atoms with Crippen molar-refractivity contribution in [2.24, 2.45) is 0 Å². The van der Waals surface area contributed by atoms with E-state index in [2.05, 4.69) is 19.8 Å². The number of aromatic nitrogens is 2. The molecule has 6 nitrogen and oxygen atoms in total. The molecule has 0 aromatic carbocycles. The fourth-order valence-corrected chi connectivity index (χ4v) is 2.48. The lowest BCUT2D eigenvalue weighted by atomic mass is 10.1. The Hall–Kier alpha value is -1.11. The number of rotatable bonds is 3. The highest BCUT2D eigenvalue weighted by atomic mass is 35.5. The second-order valence-corrected chi connectivity index (χ2v) is 5.85. The number of nitrogens with zero attached hydrogens (tertiary/aromatic N) is 4. The molecule has 106 valence electrons. The van der Waals surface area contributed by atoms with Gasteiger partial charge < -0.3 is 15.7 Å². The number of aliphatic hydroxyl groups is 1. The monoisotopic (exact) mass is 285 g/mol. The average molecular weight is 286 g/mol. The highest BCUT2D eigenvalue weighted by molar-refractivity contribution is 6.35. The van der Waals surface area contributed by atoms with Gasteiger partial charge in [-0.3, -0.25) is 4.90 Å². The van der Waals surface area contributed by atoms with Crippen molar-refractivity contribution in [2.75, 3.05) is 43.4 Å². The zero-order valence-electron chi connectivity index (χ0n) is 11.3. The van der Waals surface area contributed by atoms with E-state index in [1.807, 2.05) is 13.8 Å². The van der Waals surface area contributed by atoms with E-state index in [4.69, 9.17) is 17.3 Å². The Morgan fingerprint density at radius 2 is 1.95 bits per heavy atom. The van der Waals surface area contributed by atoms with Gasteiger partial charge in [-0.1, -0.05) is 11.6 Å². The molecule has 19 heavy (non-hydrogen) atoms. The Morgan fingerprint density at radius 1 is 1.32 bits per heavy atom. The summed E-state index contributed by atoms with van der Waals surface area (Å²) in [6.07, 6.45) is 1.43. The zero-order chi connectivity index (χ0) is 14.0. The van der Waals surface area contributed by atoms with Gasteiger partial charge in [0.2, 0.25) is 0 Å². The number of anilines is 2. The average Bonchev–Trinajstić information content (AvgIpc) is 2.32. The lowest BCUT2D eigenvalue weighted by Gasteiger charge is -2.38. The molecule has 1 aromatic rings. The summed E-state index contributed by atoms with van der Waals surface area (Å²) in [6.45, 7) is 7.66. The molecule has 0 atom stereocenters. The summed E-state index contributed by atoms with van der Waals surface area (Å²) in [7, 11) is 0. The minimum absolute atomic E-state index is 0.311. The number of nitrogen functional groups attached to an aromatic ring is 1. The summed E-state index contributed by atoms with van der Waals surface area (Å²) in [4.78, 5) is 12.4. The Balaban J connectivity index is 1.98. The van der Waals surface area contributed by atoms with Gasteiger partial charge in [0.25, 0.3) is 0 Å². The molecule has 0 spiro atoms. The highest BCUT2D eigenvalue weighted by Gasteiger charge is 2.24. The second kappa shape index (κ2) is 5.48. The van der Waals surface area contributed by atoms with Crippen molar-refractivity contribution >= 4 is 23.2 Å². The molecule has 7 heteroatoms. The third-order valence-corrected chi connectivity index (χ3v) is 3.44. The van der Waals surface area contributed by atoms with Crippen molar-refractivity contribution in [3.05, 3.63) is 11.3 Å². The van der Waals surface area contributed by atoms with Gasteiger partial charge in [-0.05, 0) is 13.8 Å². The molecule has 0 bridgehead atoms. The van der Waals surface area contributed by atoms with Crippen LogP contribution in [0.3, 0.4) is 0 Å². The van der Waals surface area contributed by atoms with Crippen molar-refractivity contribution in [1.82, 2.24) is 14.9 Å². The molecule has 1 aliphatic rings. The Morgan fingerprint density at radius 3 is 2.53 bits per heavy atom. The smallest absolute Gasteiger partial charge is 0.153 e. The number of β-amino-alcohol motifs (C(OH)–C–C–N with tert-alkyl or cyclic N) is 1. The predicted octanol–water partition coefficient (Wildman–Crippen LogP) is 0.605. The van der Waals surface area contributed by atoms with E-state index in [-0.39, 0.29) is 0 Å². The van der Waals surface area contributed by atoms with Crippen molar-refractivity contribution in [3.8, 4) is 0 Å². The third-order valence-electron chi connectivity index (χ3n) is 3.08. The highest BCUT2D eigenvalue weighted by Crippen LogP contribution is 2.27. The molecule has 2 rings (SSSR count). The van der Waals surface area contributed by atoms with Crippen molar-refractivity contribution < 1.29 is 5.11 Å². The summed E-state index contributed by atoms with van der Waals surface area (Å²) < 4.78 is 0. The third kappa shape index (κ3) is 3.68. The van der Waals surface area contributed by atoms with Crippen LogP contribution in [0, 0.1) is 0 Å². The van der Waals surface area contributed by atoms with Crippen LogP contribution in [-0.2, 0) is 0 Å². The van der Waals surface area contributed by atoms with Gasteiger partial charge in [-0.25, -0.2) is 9.97 Å². The normalized spacial score (nSPS) is 17.8. The molecule has 0 unspecified atom stereocenters. The molecule has 0 saturated carbocycles. The van der Waals surface area contributed by atoms with Crippen LogP contribution in [0.2, 0.25) is 5.02 Å². The molecule has 2 heterocycles. The minimum atomic E-state index is -0.667. The number of piperazine rings is 1. The lowest BCUT2D eigenvalue weighted by molar-refractivity contribution is 0.0344. The molecular weight excluding hydrogens is 266 g/mol. The lowest BCUT2D eigenvalue weighted by Crippen LogP contribution is -2.50. The Labute approximate surface area is 118 Å². The molecule has 0 amide bonds. The first-order valence-corrected chi connectivity index (χ1v) is 6.70. The SMILES string of the molecule is CC(C)(O)CN1CCN(c2ncnc(N)c2Cl)CC1. The van der Waals surface area contributed by atoms with Crippen LogP contribution in [0.25, 0.3) is 0 Å². The molecular formula is C12H20ClN5O. The van der Waals surface area contributed by atoms with Crippen LogP contribution in [0.1, 0.15) is 13.8 Å². The van der Waals surface area contributed by atoms with Crippen LogP contribution >= 0.6 is 11.6 Å². The summed E-state index contributed by atoms with van der Waals surface area (Å²) in [5, 5.41) is 10.2. The second-order valence-electron chi connectivity index (χ2n) is 5.47. The maximum atomic E-state index is 9.82. The van der Waals surface area contributed by atoms with Crippen LogP contribution in [-0.4, -0.2) is 58.3 Å². The molecule has 1 fully saturated rings. The molecule has 1 aliphatic heterocycles. The fraction of sp³-hybridized carbons (Fsp3) is 0.667. The molecule has 0 aliphatic carbocycles. The van der Waals surface area contributed by atoms with Gasteiger partial charge >= 0.3 is 0 Å². The summed E-state index contributed by atoms with van der Waals surface area (Å²) in [5.41, 5.74) is 5.02. The Kier molecular flexibility index (Phi) is 4.13. The predicted molar refractivity (Wildman–Crippen MR) is 76.4 cm³/mol. The van der Waals surface area contributed by atoms with E-state index >= 15 is 0 Å². The van der Waals surface area contributed by atoms with E-state index < -0.39 is 5.60 Å². The van der Waals surface area contributed by atoms with Crippen molar-refractivity contribution in [2.45, 2.75) is 19.4 Å². The van der Waals surface area contributed by atoms with Crippen LogP contribution < -0.4 is 10.6 Å². The summed E-state index contributed by atoms with van der Waals surface area (Å²) in [6, 6.07) is 0. The van der Waals surface area contributed by atoms with E-state index in [0.29, 0.717) is 23.2 Å². The van der Waals surface area contributed by atoms with E-state index in [9.17, 15) is 5.11 Å². The topological polar surface area (TPSA) is 78.5 Å².